The van der Waals surface area contributed by atoms with Crippen molar-refractivity contribution in [3.63, 3.8) is 0 Å². The van der Waals surface area contributed by atoms with E-state index in [1.165, 1.54) is 0 Å². The van der Waals surface area contributed by atoms with E-state index in [9.17, 15) is 0 Å². The van der Waals surface area contributed by atoms with Crippen LogP contribution in [0.1, 0.15) is 18.1 Å². The molecule has 0 spiro atoms. The first kappa shape index (κ1) is 9.14. The highest BCUT2D eigenvalue weighted by Crippen LogP contribution is 2.02. The van der Waals surface area contributed by atoms with E-state index in [1.807, 2.05) is 12.1 Å². The maximum atomic E-state index is 8.40. The summed E-state index contributed by atoms with van der Waals surface area (Å²) in [5, 5.41) is 11.3. The summed E-state index contributed by atoms with van der Waals surface area (Å²) >= 11 is 0. The molecular formula is C10H10N2O. The average molecular weight is 174 g/mol. The molecule has 1 aromatic carbocycles. The molecule has 0 aliphatic carbocycles. The summed E-state index contributed by atoms with van der Waals surface area (Å²) in [5.41, 5.74) is 6.98. The van der Waals surface area contributed by atoms with Crippen LogP contribution >= 0.6 is 0 Å². The molecule has 0 saturated heterocycles. The summed E-state index contributed by atoms with van der Waals surface area (Å²) in [5.74, 6) is 5.79. The summed E-state index contributed by atoms with van der Waals surface area (Å²) in [6.45, 7) is 1.78. The van der Waals surface area contributed by atoms with Crippen LogP contribution in [0.2, 0.25) is 0 Å². The molecule has 0 aromatic heterocycles. The molecule has 13 heavy (non-hydrogen) atoms. The fourth-order valence-corrected chi connectivity index (χ4v) is 0.926. The molecule has 0 aliphatic rings. The monoisotopic (exact) mass is 174 g/mol. The second-order valence-corrected chi connectivity index (χ2v) is 2.44. The minimum absolute atomic E-state index is 0.107. The fraction of sp³-hybridized carbons (Fsp3) is 0.100. The van der Waals surface area contributed by atoms with Gasteiger partial charge in [0.1, 0.15) is 0 Å². The van der Waals surface area contributed by atoms with Gasteiger partial charge in [-0.2, -0.15) is 0 Å². The predicted molar refractivity (Wildman–Crippen MR) is 51.5 cm³/mol. The zero-order chi connectivity index (χ0) is 9.68. The van der Waals surface area contributed by atoms with Crippen molar-refractivity contribution in [3.05, 3.63) is 35.4 Å². The summed E-state index contributed by atoms with van der Waals surface area (Å²) in [6.07, 6.45) is 0. The molecule has 3 nitrogen and oxygen atoms in total. The van der Waals surface area contributed by atoms with Crippen LogP contribution in [0.5, 0.6) is 0 Å². The molecule has 0 bridgehead atoms. The molecule has 0 heterocycles. The van der Waals surface area contributed by atoms with Crippen LogP contribution in [0.4, 0.5) is 0 Å². The van der Waals surface area contributed by atoms with Gasteiger partial charge in [0.05, 0.1) is 0 Å². The molecular weight excluding hydrogens is 164 g/mol. The first-order chi connectivity index (χ1) is 6.27. The molecule has 0 fully saturated rings. The largest absolute Gasteiger partial charge is 0.409 e. The van der Waals surface area contributed by atoms with Crippen molar-refractivity contribution in [3.8, 4) is 11.8 Å². The predicted octanol–water partition coefficient (Wildman–Crippen LogP) is 1.15. The molecule has 3 heteroatoms. The van der Waals surface area contributed by atoms with Gasteiger partial charge in [-0.1, -0.05) is 11.1 Å². The van der Waals surface area contributed by atoms with E-state index >= 15 is 0 Å². The molecule has 0 saturated carbocycles. The van der Waals surface area contributed by atoms with Crippen molar-refractivity contribution in [2.24, 2.45) is 10.9 Å². The molecule has 66 valence electrons. The van der Waals surface area contributed by atoms with E-state index in [0.717, 1.165) is 5.56 Å². The van der Waals surface area contributed by atoms with E-state index in [1.54, 1.807) is 19.1 Å². The number of hydrogen-bond acceptors (Lipinski definition) is 2. The van der Waals surface area contributed by atoms with Crippen LogP contribution in [0.25, 0.3) is 0 Å². The normalized spacial score (nSPS) is 10.4. The summed E-state index contributed by atoms with van der Waals surface area (Å²) < 4.78 is 0. The Hall–Kier alpha value is -1.95. The number of amidine groups is 1. The first-order valence-corrected chi connectivity index (χ1v) is 3.78. The maximum Gasteiger partial charge on any atom is 0.170 e. The van der Waals surface area contributed by atoms with Gasteiger partial charge in [0.25, 0.3) is 0 Å². The maximum absolute atomic E-state index is 8.40. The quantitative estimate of drug-likeness (QED) is 0.220. The van der Waals surface area contributed by atoms with Gasteiger partial charge in [-0.25, -0.2) is 0 Å². The summed E-state index contributed by atoms with van der Waals surface area (Å²) in [4.78, 5) is 0. The third kappa shape index (κ3) is 2.24. The lowest BCUT2D eigenvalue weighted by atomic mass is 10.1. The first-order valence-electron chi connectivity index (χ1n) is 3.78. The molecule has 0 amide bonds. The summed E-state index contributed by atoms with van der Waals surface area (Å²) in [7, 11) is 0. The topological polar surface area (TPSA) is 58.6 Å². The molecule has 3 N–H and O–H groups in total. The Labute approximate surface area is 76.9 Å². The van der Waals surface area contributed by atoms with E-state index in [-0.39, 0.29) is 5.84 Å². The second kappa shape index (κ2) is 4.17. The van der Waals surface area contributed by atoms with Gasteiger partial charge in [0.15, 0.2) is 5.84 Å². The molecule has 0 aliphatic heterocycles. The van der Waals surface area contributed by atoms with Crippen molar-refractivity contribution in [1.82, 2.24) is 0 Å². The molecule has 0 unspecified atom stereocenters. The van der Waals surface area contributed by atoms with E-state index in [4.69, 9.17) is 10.9 Å². The van der Waals surface area contributed by atoms with Gasteiger partial charge in [0.2, 0.25) is 0 Å². The highest BCUT2D eigenvalue weighted by molar-refractivity contribution is 5.97. The standard InChI is InChI=1S/C10H10N2O/c1-2-3-8-4-6-9(7-5-8)10(11)12-13/h4-7,13H,1H3,(H2,11,12). The number of nitrogens with two attached hydrogens (primary N) is 1. The average Bonchev–Trinajstić information content (AvgIpc) is 2.18. The fourth-order valence-electron chi connectivity index (χ4n) is 0.926. The van der Waals surface area contributed by atoms with Crippen LogP contribution in [-0.4, -0.2) is 11.0 Å². The van der Waals surface area contributed by atoms with Crippen LogP contribution < -0.4 is 5.73 Å². The van der Waals surface area contributed by atoms with Crippen molar-refractivity contribution in [2.45, 2.75) is 6.92 Å². The molecule has 1 rings (SSSR count). The zero-order valence-corrected chi connectivity index (χ0v) is 7.28. The van der Waals surface area contributed by atoms with Gasteiger partial charge < -0.3 is 10.9 Å². The van der Waals surface area contributed by atoms with Crippen molar-refractivity contribution < 1.29 is 5.21 Å². The Morgan fingerprint density at radius 2 is 2.00 bits per heavy atom. The van der Waals surface area contributed by atoms with Crippen molar-refractivity contribution in [1.29, 1.82) is 0 Å². The number of benzene rings is 1. The number of hydrogen-bond donors (Lipinski definition) is 2. The lowest BCUT2D eigenvalue weighted by molar-refractivity contribution is 0.318. The van der Waals surface area contributed by atoms with Gasteiger partial charge in [-0.3, -0.25) is 0 Å². The van der Waals surface area contributed by atoms with Crippen molar-refractivity contribution >= 4 is 5.84 Å². The second-order valence-electron chi connectivity index (χ2n) is 2.44. The van der Waals surface area contributed by atoms with E-state index < -0.39 is 0 Å². The highest BCUT2D eigenvalue weighted by atomic mass is 16.4. The third-order valence-corrected chi connectivity index (χ3v) is 1.56. The molecule has 0 atom stereocenters. The Morgan fingerprint density at radius 1 is 1.38 bits per heavy atom. The zero-order valence-electron chi connectivity index (χ0n) is 7.28. The molecule has 0 radical (unpaired) electrons. The van der Waals surface area contributed by atoms with Crippen LogP contribution in [-0.2, 0) is 0 Å². The minimum Gasteiger partial charge on any atom is -0.409 e. The van der Waals surface area contributed by atoms with Crippen LogP contribution in [0.15, 0.2) is 29.4 Å². The van der Waals surface area contributed by atoms with E-state index in [2.05, 4.69) is 17.0 Å². The van der Waals surface area contributed by atoms with Gasteiger partial charge in [0, 0.05) is 11.1 Å². The number of nitrogens with zero attached hydrogens (tertiary/aromatic N) is 1. The Morgan fingerprint density at radius 3 is 2.46 bits per heavy atom. The molecule has 1 aromatic rings. The SMILES string of the molecule is CC#Cc1ccc(/C(N)=N/O)cc1. The Balaban J connectivity index is 2.98. The summed E-state index contributed by atoms with van der Waals surface area (Å²) in [6, 6.07) is 7.16. The Kier molecular flexibility index (Phi) is 2.93. The number of oxime groups is 1. The van der Waals surface area contributed by atoms with Crippen LogP contribution in [0, 0.1) is 11.8 Å². The Bertz CT molecular complexity index is 368. The number of rotatable bonds is 1. The van der Waals surface area contributed by atoms with Gasteiger partial charge in [-0.05, 0) is 31.2 Å². The van der Waals surface area contributed by atoms with Gasteiger partial charge >= 0.3 is 0 Å². The highest BCUT2D eigenvalue weighted by Gasteiger charge is 1.96. The van der Waals surface area contributed by atoms with Gasteiger partial charge in [-0.15, -0.1) is 5.92 Å². The third-order valence-electron chi connectivity index (χ3n) is 1.56. The van der Waals surface area contributed by atoms with Crippen molar-refractivity contribution in [2.75, 3.05) is 0 Å². The van der Waals surface area contributed by atoms with E-state index in [0.29, 0.717) is 5.56 Å². The smallest absolute Gasteiger partial charge is 0.170 e. The lowest BCUT2D eigenvalue weighted by Gasteiger charge is -1.97. The minimum atomic E-state index is 0.107. The lowest BCUT2D eigenvalue weighted by Crippen LogP contribution is -2.12. The van der Waals surface area contributed by atoms with Crippen LogP contribution in [0.3, 0.4) is 0 Å².